The lowest BCUT2D eigenvalue weighted by Crippen LogP contribution is -2.48. The molecule has 32 heavy (non-hydrogen) atoms. The van der Waals surface area contributed by atoms with Crippen LogP contribution in [0.2, 0.25) is 0 Å². The van der Waals surface area contributed by atoms with Crippen molar-refractivity contribution < 1.29 is 34.5 Å². The van der Waals surface area contributed by atoms with Gasteiger partial charge in [-0.3, -0.25) is 33.9 Å². The number of hydrogen-bond acceptors (Lipinski definition) is 9. The van der Waals surface area contributed by atoms with Crippen LogP contribution in [-0.4, -0.2) is 150 Å². The van der Waals surface area contributed by atoms with Crippen molar-refractivity contribution in [3.05, 3.63) is 0 Å². The van der Waals surface area contributed by atoms with Crippen molar-refractivity contribution in [1.29, 1.82) is 0 Å². The van der Waals surface area contributed by atoms with Gasteiger partial charge in [0.25, 0.3) is 0 Å². The normalized spacial score (nSPS) is 18.4. The molecule has 0 spiro atoms. The number of carbonyl (C=O) groups is 4. The van der Waals surface area contributed by atoms with E-state index in [0.717, 1.165) is 0 Å². The minimum Gasteiger partial charge on any atom is -0.480 e. The van der Waals surface area contributed by atoms with Gasteiger partial charge in [0.2, 0.25) is 5.91 Å². The molecule has 1 saturated heterocycles. The summed E-state index contributed by atoms with van der Waals surface area (Å²) in [5.74, 6) is -3.06. The third kappa shape index (κ3) is 13.2. The van der Waals surface area contributed by atoms with Gasteiger partial charge in [-0.05, 0) is 0 Å². The van der Waals surface area contributed by atoms with Gasteiger partial charge >= 0.3 is 17.9 Å². The predicted octanol–water partition coefficient (Wildman–Crippen LogP) is -3.07. The average Bonchev–Trinajstić information content (AvgIpc) is 2.70. The Bertz CT molecular complexity index is 589. The van der Waals surface area contributed by atoms with Crippen molar-refractivity contribution in [2.45, 2.75) is 6.42 Å². The van der Waals surface area contributed by atoms with Gasteiger partial charge in [0.1, 0.15) is 0 Å². The van der Waals surface area contributed by atoms with Crippen molar-refractivity contribution in [3.63, 3.8) is 0 Å². The molecule has 0 aromatic heterocycles. The number of amides is 1. The van der Waals surface area contributed by atoms with E-state index < -0.39 is 17.9 Å². The van der Waals surface area contributed by atoms with Gasteiger partial charge in [-0.25, -0.2) is 0 Å². The summed E-state index contributed by atoms with van der Waals surface area (Å²) in [5.41, 5.74) is 5.39. The monoisotopic (exact) mass is 460 g/mol. The largest absolute Gasteiger partial charge is 0.480 e. The number of aliphatic carboxylic acids is 3. The summed E-state index contributed by atoms with van der Waals surface area (Å²) in [4.78, 5) is 52.8. The Morgan fingerprint density at radius 1 is 0.656 bits per heavy atom. The van der Waals surface area contributed by atoms with E-state index in [1.807, 2.05) is 4.90 Å². The Morgan fingerprint density at radius 2 is 1.00 bits per heavy atom. The van der Waals surface area contributed by atoms with Gasteiger partial charge in [-0.1, -0.05) is 0 Å². The zero-order valence-corrected chi connectivity index (χ0v) is 18.4. The molecule has 1 aliphatic heterocycles. The minimum atomic E-state index is -0.995. The van der Waals surface area contributed by atoms with Crippen LogP contribution in [0.3, 0.4) is 0 Å². The minimum absolute atomic E-state index is 0.129. The maximum absolute atomic E-state index is 11.9. The van der Waals surface area contributed by atoms with Crippen LogP contribution < -0.4 is 11.1 Å². The van der Waals surface area contributed by atoms with Crippen molar-refractivity contribution in [2.24, 2.45) is 5.73 Å². The fraction of sp³-hybridized carbons (Fsp3) is 0.789. The van der Waals surface area contributed by atoms with Crippen LogP contribution >= 0.6 is 0 Å². The molecule has 184 valence electrons. The number of carbonyl (C=O) groups excluding carboxylic acids is 1. The Morgan fingerprint density at radius 3 is 1.31 bits per heavy atom. The maximum atomic E-state index is 11.9. The van der Waals surface area contributed by atoms with E-state index in [4.69, 9.17) is 10.8 Å². The Hall–Kier alpha value is -2.32. The topological polar surface area (TPSA) is 180 Å². The molecule has 0 aliphatic carbocycles. The van der Waals surface area contributed by atoms with Crippen molar-refractivity contribution in [2.75, 3.05) is 91.6 Å². The highest BCUT2D eigenvalue weighted by Crippen LogP contribution is 2.02. The third-order valence-electron chi connectivity index (χ3n) is 5.13. The van der Waals surface area contributed by atoms with Crippen molar-refractivity contribution in [1.82, 2.24) is 24.9 Å². The first-order valence-electron chi connectivity index (χ1n) is 10.7. The lowest BCUT2D eigenvalue weighted by molar-refractivity contribution is -0.140. The maximum Gasteiger partial charge on any atom is 0.317 e. The molecular formula is C19H36N6O7. The Balaban J connectivity index is 2.87. The lowest BCUT2D eigenvalue weighted by Gasteiger charge is -2.33. The molecule has 1 rings (SSSR count). The summed E-state index contributed by atoms with van der Waals surface area (Å²) in [5, 5.41) is 30.3. The second kappa shape index (κ2) is 15.5. The average molecular weight is 461 g/mol. The van der Waals surface area contributed by atoms with E-state index in [1.54, 1.807) is 14.7 Å². The molecule has 13 nitrogen and oxygen atoms in total. The number of nitrogens with one attached hydrogen (secondary N) is 1. The molecule has 13 heteroatoms. The van der Waals surface area contributed by atoms with Gasteiger partial charge in [-0.15, -0.1) is 0 Å². The van der Waals surface area contributed by atoms with Crippen LogP contribution in [0.4, 0.5) is 0 Å². The molecule has 1 aliphatic rings. The Kier molecular flexibility index (Phi) is 13.4. The second-order valence-electron chi connectivity index (χ2n) is 7.74. The molecule has 0 atom stereocenters. The number of carboxylic acid groups (broad SMARTS) is 3. The van der Waals surface area contributed by atoms with Crippen molar-refractivity contribution >= 4 is 23.8 Å². The number of nitrogens with two attached hydrogens (primary N) is 1. The number of hydrogen-bond donors (Lipinski definition) is 5. The van der Waals surface area contributed by atoms with E-state index in [0.29, 0.717) is 72.0 Å². The highest BCUT2D eigenvalue weighted by molar-refractivity contribution is 5.76. The lowest BCUT2D eigenvalue weighted by atomic mass is 10.3. The summed E-state index contributed by atoms with van der Waals surface area (Å²) in [6, 6.07) is 0. The number of carboxylic acids is 3. The molecule has 1 amide bonds. The van der Waals surface area contributed by atoms with Crippen molar-refractivity contribution in [3.8, 4) is 0 Å². The molecule has 6 N–H and O–H groups in total. The summed E-state index contributed by atoms with van der Waals surface area (Å²) in [6.07, 6.45) is 0.254. The predicted molar refractivity (Wildman–Crippen MR) is 115 cm³/mol. The van der Waals surface area contributed by atoms with Crippen LogP contribution in [0.1, 0.15) is 6.42 Å². The Labute approximate surface area is 187 Å². The highest BCUT2D eigenvalue weighted by atomic mass is 16.4. The molecule has 0 aromatic rings. The second-order valence-corrected chi connectivity index (χ2v) is 7.74. The van der Waals surface area contributed by atoms with E-state index in [2.05, 4.69) is 5.32 Å². The molecule has 1 heterocycles. The van der Waals surface area contributed by atoms with Gasteiger partial charge in [-0.2, -0.15) is 0 Å². The summed E-state index contributed by atoms with van der Waals surface area (Å²) in [6.45, 7) is 3.93. The van der Waals surface area contributed by atoms with Gasteiger partial charge in [0.05, 0.1) is 19.6 Å². The summed E-state index contributed by atoms with van der Waals surface area (Å²) in [7, 11) is 0. The molecule has 1 fully saturated rings. The number of rotatable bonds is 11. The molecular weight excluding hydrogens is 424 g/mol. The fourth-order valence-corrected chi connectivity index (χ4v) is 3.41. The quantitative estimate of drug-likeness (QED) is 0.210. The van der Waals surface area contributed by atoms with E-state index in [1.165, 1.54) is 0 Å². The molecule has 0 bridgehead atoms. The summed E-state index contributed by atoms with van der Waals surface area (Å²) >= 11 is 0. The SMILES string of the molecule is NCCNC(=O)CCN1CCN(CC(=O)O)CCN(CC(=O)O)CCN(CC(=O)O)CC1. The molecule has 0 radical (unpaired) electrons. The molecule has 0 aromatic carbocycles. The van der Waals surface area contributed by atoms with E-state index >= 15 is 0 Å². The molecule has 0 unspecified atom stereocenters. The first-order valence-corrected chi connectivity index (χ1v) is 10.7. The summed E-state index contributed by atoms with van der Waals surface area (Å²) < 4.78 is 0. The zero-order valence-electron chi connectivity index (χ0n) is 18.4. The van der Waals surface area contributed by atoms with Crippen LogP contribution in [0, 0.1) is 0 Å². The van der Waals surface area contributed by atoms with Gasteiger partial charge < -0.3 is 31.3 Å². The van der Waals surface area contributed by atoms with Gasteiger partial charge in [0.15, 0.2) is 0 Å². The zero-order chi connectivity index (χ0) is 23.9. The third-order valence-corrected chi connectivity index (χ3v) is 5.13. The van der Waals surface area contributed by atoms with Crippen LogP contribution in [-0.2, 0) is 19.2 Å². The van der Waals surface area contributed by atoms with Crippen LogP contribution in [0.25, 0.3) is 0 Å². The highest BCUT2D eigenvalue weighted by Gasteiger charge is 2.20. The fourth-order valence-electron chi connectivity index (χ4n) is 3.41. The first-order chi connectivity index (χ1) is 15.2. The van der Waals surface area contributed by atoms with E-state index in [-0.39, 0.29) is 32.0 Å². The van der Waals surface area contributed by atoms with Crippen LogP contribution in [0.15, 0.2) is 0 Å². The first kappa shape index (κ1) is 27.7. The molecule has 0 saturated carbocycles. The number of nitrogens with zero attached hydrogens (tertiary/aromatic N) is 4. The standard InChI is InChI=1S/C19H36N6O7/c20-2-3-21-16(26)1-4-22-5-7-23(13-17(27)28)9-11-25(15-19(31)32)12-10-24(8-6-22)14-18(29)30/h1-15,20H2,(H,21,26)(H,27,28)(H,29,30)(H,31,32). The van der Waals surface area contributed by atoms with E-state index in [9.17, 15) is 29.4 Å². The smallest absolute Gasteiger partial charge is 0.317 e. The van der Waals surface area contributed by atoms with Crippen LogP contribution in [0.5, 0.6) is 0 Å². The van der Waals surface area contributed by atoms with Gasteiger partial charge in [0, 0.05) is 78.4 Å².